The first-order valence-electron chi connectivity index (χ1n) is 9.00. The zero-order chi connectivity index (χ0) is 19.2. The van der Waals surface area contributed by atoms with Crippen LogP contribution in [0.3, 0.4) is 0 Å². The molecule has 1 aromatic carbocycles. The van der Waals surface area contributed by atoms with Gasteiger partial charge in [0.1, 0.15) is 0 Å². The van der Waals surface area contributed by atoms with Crippen LogP contribution in [0.5, 0.6) is 0 Å². The van der Waals surface area contributed by atoms with Gasteiger partial charge < -0.3 is 10.2 Å². The van der Waals surface area contributed by atoms with Gasteiger partial charge in [-0.05, 0) is 42.3 Å². The fourth-order valence-corrected chi connectivity index (χ4v) is 3.48. The zero-order valence-electron chi connectivity index (χ0n) is 15.3. The number of halogens is 1. The fraction of sp³-hybridized carbons (Fsp3) is 0.350. The molecule has 0 atom stereocenters. The highest BCUT2D eigenvalue weighted by Gasteiger charge is 2.22. The summed E-state index contributed by atoms with van der Waals surface area (Å²) in [6.45, 7) is 5.42. The highest BCUT2D eigenvalue weighted by atomic mass is 35.5. The molecule has 0 bridgehead atoms. The third-order valence-electron chi connectivity index (χ3n) is 4.55. The van der Waals surface area contributed by atoms with E-state index in [1.807, 2.05) is 17.0 Å². The lowest BCUT2D eigenvalue weighted by Gasteiger charge is -2.22. The highest BCUT2D eigenvalue weighted by molar-refractivity contribution is 6.34. The van der Waals surface area contributed by atoms with E-state index in [9.17, 15) is 9.59 Å². The molecule has 0 saturated carbocycles. The third-order valence-corrected chi connectivity index (χ3v) is 4.86. The summed E-state index contributed by atoms with van der Waals surface area (Å²) in [5.74, 6) is -0.243. The largest absolute Gasteiger partial charge is 0.337 e. The average molecular weight is 387 g/mol. The van der Waals surface area contributed by atoms with E-state index in [1.54, 1.807) is 30.6 Å². The zero-order valence-corrected chi connectivity index (χ0v) is 16.1. The van der Waals surface area contributed by atoms with Gasteiger partial charge in [-0.1, -0.05) is 11.6 Å². The maximum absolute atomic E-state index is 12.9. The van der Waals surface area contributed by atoms with E-state index >= 15 is 0 Å². The normalized spacial score (nSPS) is 15.3. The molecule has 27 heavy (non-hydrogen) atoms. The first-order valence-corrected chi connectivity index (χ1v) is 9.38. The number of rotatable bonds is 4. The second-order valence-corrected chi connectivity index (χ2v) is 7.06. The van der Waals surface area contributed by atoms with Crippen LogP contribution in [0, 0.1) is 0 Å². The Balaban J connectivity index is 1.63. The number of pyridine rings is 1. The van der Waals surface area contributed by atoms with Crippen molar-refractivity contribution in [1.29, 1.82) is 0 Å². The van der Waals surface area contributed by atoms with E-state index in [1.165, 1.54) is 12.5 Å². The monoisotopic (exact) mass is 386 g/mol. The summed E-state index contributed by atoms with van der Waals surface area (Å²) in [6.07, 6.45) is 4.52. The topological polar surface area (TPSA) is 65.5 Å². The first kappa shape index (κ1) is 19.3. The molecule has 3 rings (SSSR count). The van der Waals surface area contributed by atoms with Crippen LogP contribution in [0.4, 0.5) is 5.69 Å². The van der Waals surface area contributed by atoms with Crippen LogP contribution in [0.2, 0.25) is 5.02 Å². The van der Waals surface area contributed by atoms with Gasteiger partial charge in [0.05, 0.1) is 10.6 Å². The number of carbonyl (C=O) groups is 2. The Morgan fingerprint density at radius 3 is 2.59 bits per heavy atom. The Bertz CT molecular complexity index is 813. The number of anilines is 1. The molecular formula is C20H23ClN4O2. The van der Waals surface area contributed by atoms with E-state index in [0.29, 0.717) is 29.4 Å². The van der Waals surface area contributed by atoms with Crippen molar-refractivity contribution in [2.45, 2.75) is 19.9 Å². The molecule has 1 aliphatic heterocycles. The van der Waals surface area contributed by atoms with E-state index in [-0.39, 0.29) is 11.8 Å². The third kappa shape index (κ3) is 5.28. The fourth-order valence-electron chi connectivity index (χ4n) is 3.22. The van der Waals surface area contributed by atoms with Crippen molar-refractivity contribution >= 4 is 29.1 Å². The lowest BCUT2D eigenvalue weighted by atomic mass is 10.1. The molecule has 7 heteroatoms. The molecule has 1 fully saturated rings. The molecule has 2 aromatic rings. The molecule has 0 spiro atoms. The van der Waals surface area contributed by atoms with Gasteiger partial charge in [-0.2, -0.15) is 0 Å². The molecule has 142 valence electrons. The van der Waals surface area contributed by atoms with Gasteiger partial charge >= 0.3 is 0 Å². The predicted molar refractivity (Wildman–Crippen MR) is 106 cm³/mol. The molecule has 2 amide bonds. The molecule has 2 heterocycles. The minimum Gasteiger partial charge on any atom is -0.337 e. The minimum atomic E-state index is -0.174. The second-order valence-electron chi connectivity index (χ2n) is 6.65. The average Bonchev–Trinajstić information content (AvgIpc) is 2.87. The van der Waals surface area contributed by atoms with Crippen molar-refractivity contribution in [1.82, 2.24) is 14.8 Å². The summed E-state index contributed by atoms with van der Waals surface area (Å²) in [5, 5.41) is 3.02. The lowest BCUT2D eigenvalue weighted by Crippen LogP contribution is -2.35. The summed E-state index contributed by atoms with van der Waals surface area (Å²) in [4.78, 5) is 32.3. The number of hydrogen-bond donors (Lipinski definition) is 1. The van der Waals surface area contributed by atoms with Crippen molar-refractivity contribution in [3.8, 4) is 0 Å². The molecule has 1 aliphatic rings. The van der Waals surface area contributed by atoms with Crippen molar-refractivity contribution in [2.24, 2.45) is 0 Å². The second kappa shape index (κ2) is 8.97. The maximum atomic E-state index is 12.9. The molecule has 0 aliphatic carbocycles. The molecule has 6 nitrogen and oxygen atoms in total. The SMILES string of the molecule is CC(=O)Nc1ccc(C(=O)N2CCCN(Cc3ccncc3)CC2)c(Cl)c1. The van der Waals surface area contributed by atoms with Crippen molar-refractivity contribution in [2.75, 3.05) is 31.5 Å². The molecule has 1 aromatic heterocycles. The summed E-state index contributed by atoms with van der Waals surface area (Å²) in [6, 6.07) is 9.03. The van der Waals surface area contributed by atoms with Gasteiger partial charge in [-0.25, -0.2) is 0 Å². The van der Waals surface area contributed by atoms with E-state index < -0.39 is 0 Å². The number of benzene rings is 1. The Labute approximate surface area is 164 Å². The van der Waals surface area contributed by atoms with Crippen molar-refractivity contribution in [3.63, 3.8) is 0 Å². The molecule has 1 saturated heterocycles. The first-order chi connectivity index (χ1) is 13.0. The minimum absolute atomic E-state index is 0.0693. The highest BCUT2D eigenvalue weighted by Crippen LogP contribution is 2.23. The number of amides is 2. The van der Waals surface area contributed by atoms with Gasteiger partial charge in [-0.3, -0.25) is 19.5 Å². The quantitative estimate of drug-likeness (QED) is 0.877. The van der Waals surface area contributed by atoms with Crippen LogP contribution in [0.15, 0.2) is 42.7 Å². The Morgan fingerprint density at radius 2 is 1.89 bits per heavy atom. The predicted octanol–water partition coefficient (Wildman–Crippen LogP) is 3.04. The van der Waals surface area contributed by atoms with Crippen LogP contribution in [0.1, 0.15) is 29.3 Å². The van der Waals surface area contributed by atoms with Crippen LogP contribution in [-0.4, -0.2) is 52.8 Å². The van der Waals surface area contributed by atoms with Gasteiger partial charge in [-0.15, -0.1) is 0 Å². The van der Waals surface area contributed by atoms with E-state index in [4.69, 9.17) is 11.6 Å². The molecular weight excluding hydrogens is 364 g/mol. The number of carbonyl (C=O) groups excluding carboxylic acids is 2. The van der Waals surface area contributed by atoms with Gasteiger partial charge in [0.25, 0.3) is 5.91 Å². The van der Waals surface area contributed by atoms with Crippen LogP contribution >= 0.6 is 11.6 Å². The number of nitrogens with zero attached hydrogens (tertiary/aromatic N) is 3. The summed E-state index contributed by atoms with van der Waals surface area (Å²) in [5.41, 5.74) is 2.28. The smallest absolute Gasteiger partial charge is 0.255 e. The van der Waals surface area contributed by atoms with E-state index in [0.717, 1.165) is 26.1 Å². The summed E-state index contributed by atoms with van der Waals surface area (Å²) >= 11 is 6.29. The lowest BCUT2D eigenvalue weighted by molar-refractivity contribution is -0.114. The van der Waals surface area contributed by atoms with Crippen LogP contribution < -0.4 is 5.32 Å². The molecule has 1 N–H and O–H groups in total. The van der Waals surface area contributed by atoms with Gasteiger partial charge in [0.2, 0.25) is 5.91 Å². The van der Waals surface area contributed by atoms with Gasteiger partial charge in [0, 0.05) is 57.7 Å². The van der Waals surface area contributed by atoms with Gasteiger partial charge in [0.15, 0.2) is 0 Å². The Hall–Kier alpha value is -2.44. The number of hydrogen-bond acceptors (Lipinski definition) is 4. The van der Waals surface area contributed by atoms with E-state index in [2.05, 4.69) is 15.2 Å². The summed E-state index contributed by atoms with van der Waals surface area (Å²) in [7, 11) is 0. The molecule has 0 radical (unpaired) electrons. The summed E-state index contributed by atoms with van der Waals surface area (Å²) < 4.78 is 0. The van der Waals surface area contributed by atoms with Crippen molar-refractivity contribution < 1.29 is 9.59 Å². The van der Waals surface area contributed by atoms with Crippen LogP contribution in [0.25, 0.3) is 0 Å². The number of aromatic nitrogens is 1. The van der Waals surface area contributed by atoms with Crippen LogP contribution in [-0.2, 0) is 11.3 Å². The Kier molecular flexibility index (Phi) is 6.42. The Morgan fingerprint density at radius 1 is 1.11 bits per heavy atom. The van der Waals surface area contributed by atoms with Crippen molar-refractivity contribution in [3.05, 3.63) is 58.9 Å². The standard InChI is InChI=1S/C20H23ClN4O2/c1-15(26)23-17-3-4-18(19(21)13-17)20(27)25-10-2-9-24(11-12-25)14-16-5-7-22-8-6-16/h3-8,13H,2,9-12,14H2,1H3,(H,23,26). The molecule has 0 unspecified atom stereocenters. The maximum Gasteiger partial charge on any atom is 0.255 e. The number of nitrogens with one attached hydrogen (secondary N) is 1.